The van der Waals surface area contributed by atoms with Crippen molar-refractivity contribution in [2.45, 2.75) is 31.7 Å². The van der Waals surface area contributed by atoms with E-state index in [0.717, 1.165) is 30.6 Å². The molecule has 0 heterocycles. The van der Waals surface area contributed by atoms with Gasteiger partial charge in [-0.15, -0.1) is 0 Å². The quantitative estimate of drug-likeness (QED) is 0.937. The fourth-order valence-corrected chi connectivity index (χ4v) is 3.10. The van der Waals surface area contributed by atoms with E-state index in [1.54, 1.807) is 19.2 Å². The lowest BCUT2D eigenvalue weighted by Gasteiger charge is -2.27. The highest BCUT2D eigenvalue weighted by atomic mass is 19.1. The predicted octanol–water partition coefficient (Wildman–Crippen LogP) is 3.57. The molecule has 1 amide bonds. The number of rotatable bonds is 4. The molecule has 1 atom stereocenters. The zero-order valence-corrected chi connectivity index (χ0v) is 13.1. The zero-order chi connectivity index (χ0) is 16.2. The Morgan fingerprint density at radius 2 is 2.04 bits per heavy atom. The number of nitrogens with one attached hydrogen (secondary N) is 1. The standard InChI is InChI=1S/C19H20FNO2/c1-23-16-9-10-17-14(12-16)3-2-4-18(17)21-19(22)11-13-5-7-15(20)8-6-13/h5-10,12,18H,2-4,11H2,1H3,(H,21,22)/t18-/m0/s1. The fourth-order valence-electron chi connectivity index (χ4n) is 3.10. The smallest absolute Gasteiger partial charge is 0.224 e. The third-order valence-corrected chi connectivity index (χ3v) is 4.28. The number of carbonyl (C=O) groups is 1. The Morgan fingerprint density at radius 3 is 2.78 bits per heavy atom. The number of hydrogen-bond donors (Lipinski definition) is 1. The van der Waals surface area contributed by atoms with E-state index in [1.807, 2.05) is 18.2 Å². The summed E-state index contributed by atoms with van der Waals surface area (Å²) in [5, 5.41) is 3.10. The van der Waals surface area contributed by atoms with Gasteiger partial charge in [0.2, 0.25) is 5.91 Å². The molecule has 0 aliphatic heterocycles. The molecule has 0 radical (unpaired) electrons. The molecule has 3 rings (SSSR count). The van der Waals surface area contributed by atoms with Gasteiger partial charge in [-0.25, -0.2) is 4.39 Å². The van der Waals surface area contributed by atoms with Crippen LogP contribution < -0.4 is 10.1 Å². The third-order valence-electron chi connectivity index (χ3n) is 4.28. The number of benzene rings is 2. The van der Waals surface area contributed by atoms with Gasteiger partial charge in [0.1, 0.15) is 11.6 Å². The Morgan fingerprint density at radius 1 is 1.26 bits per heavy atom. The summed E-state index contributed by atoms with van der Waals surface area (Å²) in [5.74, 6) is 0.525. The normalized spacial score (nSPS) is 16.5. The van der Waals surface area contributed by atoms with Crippen LogP contribution in [0.4, 0.5) is 4.39 Å². The molecule has 0 spiro atoms. The van der Waals surface area contributed by atoms with Gasteiger partial charge in [0, 0.05) is 0 Å². The summed E-state index contributed by atoms with van der Waals surface area (Å²) in [6.45, 7) is 0. The maximum absolute atomic E-state index is 12.9. The van der Waals surface area contributed by atoms with Crippen molar-refractivity contribution in [1.82, 2.24) is 5.32 Å². The fraction of sp³-hybridized carbons (Fsp3) is 0.316. The number of ether oxygens (including phenoxy) is 1. The highest BCUT2D eigenvalue weighted by Gasteiger charge is 2.22. The van der Waals surface area contributed by atoms with E-state index in [0.29, 0.717) is 0 Å². The Hall–Kier alpha value is -2.36. The van der Waals surface area contributed by atoms with Crippen molar-refractivity contribution < 1.29 is 13.9 Å². The average Bonchev–Trinajstić information content (AvgIpc) is 2.56. The van der Waals surface area contributed by atoms with Crippen LogP contribution in [-0.4, -0.2) is 13.0 Å². The van der Waals surface area contributed by atoms with Crippen LogP contribution in [0.3, 0.4) is 0 Å². The van der Waals surface area contributed by atoms with Crippen molar-refractivity contribution in [3.8, 4) is 5.75 Å². The number of amides is 1. The number of halogens is 1. The van der Waals surface area contributed by atoms with E-state index < -0.39 is 0 Å². The molecule has 2 aromatic carbocycles. The molecule has 1 aliphatic carbocycles. The van der Waals surface area contributed by atoms with E-state index in [-0.39, 0.29) is 24.2 Å². The first-order valence-corrected chi connectivity index (χ1v) is 7.86. The van der Waals surface area contributed by atoms with Gasteiger partial charge in [-0.1, -0.05) is 18.2 Å². The van der Waals surface area contributed by atoms with Crippen LogP contribution in [0.15, 0.2) is 42.5 Å². The molecule has 4 heteroatoms. The highest BCUT2D eigenvalue weighted by molar-refractivity contribution is 5.79. The topological polar surface area (TPSA) is 38.3 Å². The molecule has 120 valence electrons. The molecule has 23 heavy (non-hydrogen) atoms. The van der Waals surface area contributed by atoms with E-state index >= 15 is 0 Å². The zero-order valence-electron chi connectivity index (χ0n) is 13.1. The van der Waals surface area contributed by atoms with E-state index in [1.165, 1.54) is 23.3 Å². The number of aryl methyl sites for hydroxylation is 1. The van der Waals surface area contributed by atoms with Crippen LogP contribution in [0.2, 0.25) is 0 Å². The predicted molar refractivity (Wildman–Crippen MR) is 86.9 cm³/mol. The number of fused-ring (bicyclic) bond motifs is 1. The van der Waals surface area contributed by atoms with Gasteiger partial charge < -0.3 is 10.1 Å². The lowest BCUT2D eigenvalue weighted by Crippen LogP contribution is -2.32. The second kappa shape index (κ2) is 6.82. The van der Waals surface area contributed by atoms with Crippen LogP contribution in [0.5, 0.6) is 5.75 Å². The summed E-state index contributed by atoms with van der Waals surface area (Å²) in [6, 6.07) is 12.1. The average molecular weight is 313 g/mol. The largest absolute Gasteiger partial charge is 0.497 e. The van der Waals surface area contributed by atoms with Crippen molar-refractivity contribution in [2.75, 3.05) is 7.11 Å². The number of carbonyl (C=O) groups excluding carboxylic acids is 1. The molecule has 0 aromatic heterocycles. The van der Waals surface area contributed by atoms with Crippen molar-refractivity contribution >= 4 is 5.91 Å². The molecule has 1 aliphatic rings. The third kappa shape index (κ3) is 3.70. The number of hydrogen-bond acceptors (Lipinski definition) is 2. The van der Waals surface area contributed by atoms with Gasteiger partial charge in [-0.05, 0) is 60.2 Å². The van der Waals surface area contributed by atoms with Crippen molar-refractivity contribution in [1.29, 1.82) is 0 Å². The van der Waals surface area contributed by atoms with Gasteiger partial charge in [0.15, 0.2) is 0 Å². The maximum atomic E-state index is 12.9. The van der Waals surface area contributed by atoms with Gasteiger partial charge >= 0.3 is 0 Å². The lowest BCUT2D eigenvalue weighted by molar-refractivity contribution is -0.121. The molecule has 0 bridgehead atoms. The SMILES string of the molecule is COc1ccc2c(c1)CCC[C@@H]2NC(=O)Cc1ccc(F)cc1. The van der Waals surface area contributed by atoms with Gasteiger partial charge in [0.05, 0.1) is 19.6 Å². The monoisotopic (exact) mass is 313 g/mol. The molecular formula is C19H20FNO2. The van der Waals surface area contributed by atoms with Crippen LogP contribution in [0, 0.1) is 5.82 Å². The molecule has 0 saturated carbocycles. The summed E-state index contributed by atoms with van der Waals surface area (Å²) < 4.78 is 18.2. The van der Waals surface area contributed by atoms with Crippen LogP contribution in [-0.2, 0) is 17.6 Å². The molecule has 2 aromatic rings. The first-order chi connectivity index (χ1) is 11.2. The van der Waals surface area contributed by atoms with Gasteiger partial charge in [0.25, 0.3) is 0 Å². The van der Waals surface area contributed by atoms with Gasteiger partial charge in [-0.3, -0.25) is 4.79 Å². The summed E-state index contributed by atoms with van der Waals surface area (Å²) in [4.78, 5) is 12.3. The Labute approximate surface area is 135 Å². The second-order valence-electron chi connectivity index (χ2n) is 5.88. The van der Waals surface area contributed by atoms with Crippen molar-refractivity contribution in [3.63, 3.8) is 0 Å². The highest BCUT2D eigenvalue weighted by Crippen LogP contribution is 2.32. The van der Waals surface area contributed by atoms with Crippen molar-refractivity contribution in [3.05, 3.63) is 65.0 Å². The summed E-state index contributed by atoms with van der Waals surface area (Å²) >= 11 is 0. The lowest BCUT2D eigenvalue weighted by atomic mass is 9.87. The minimum Gasteiger partial charge on any atom is -0.497 e. The molecule has 3 nitrogen and oxygen atoms in total. The van der Waals surface area contributed by atoms with E-state index in [4.69, 9.17) is 4.74 Å². The summed E-state index contributed by atoms with van der Waals surface area (Å²) in [6.07, 6.45) is 3.26. The molecule has 0 unspecified atom stereocenters. The molecule has 0 saturated heterocycles. The Kier molecular flexibility index (Phi) is 4.60. The first-order valence-electron chi connectivity index (χ1n) is 7.86. The minimum atomic E-state index is -0.288. The van der Waals surface area contributed by atoms with Crippen LogP contribution >= 0.6 is 0 Å². The van der Waals surface area contributed by atoms with Gasteiger partial charge in [-0.2, -0.15) is 0 Å². The van der Waals surface area contributed by atoms with Crippen LogP contribution in [0.25, 0.3) is 0 Å². The Bertz CT molecular complexity index is 697. The molecule has 1 N–H and O–H groups in total. The molecular weight excluding hydrogens is 293 g/mol. The Balaban J connectivity index is 1.69. The maximum Gasteiger partial charge on any atom is 0.224 e. The van der Waals surface area contributed by atoms with Crippen LogP contribution in [0.1, 0.15) is 35.6 Å². The van der Waals surface area contributed by atoms with Crippen molar-refractivity contribution in [2.24, 2.45) is 0 Å². The minimum absolute atomic E-state index is 0.0368. The summed E-state index contributed by atoms with van der Waals surface area (Å²) in [7, 11) is 1.66. The summed E-state index contributed by atoms with van der Waals surface area (Å²) in [5.41, 5.74) is 3.22. The number of methoxy groups -OCH3 is 1. The first kappa shape index (κ1) is 15.5. The molecule has 0 fully saturated rings. The second-order valence-corrected chi connectivity index (χ2v) is 5.88. The van der Waals surface area contributed by atoms with E-state index in [2.05, 4.69) is 5.32 Å². The van der Waals surface area contributed by atoms with E-state index in [9.17, 15) is 9.18 Å².